The van der Waals surface area contributed by atoms with E-state index in [0.717, 1.165) is 68.3 Å². The molecule has 0 spiro atoms. The molecule has 1 aliphatic rings. The minimum atomic E-state index is 0.0593. The SMILES string of the molecule is CCCN=C(c1nc2c(-c3ccc(C(C)=O)s3)cncc2[nH]1)c1cc(-c2cc(CC)cc(CN3CCCCC3)c2)cnc1C. The van der Waals surface area contributed by atoms with Crippen LogP contribution in [-0.2, 0) is 13.0 Å². The van der Waals surface area contributed by atoms with Gasteiger partial charge in [-0.1, -0.05) is 32.4 Å². The Hall–Kier alpha value is -4.01. The van der Waals surface area contributed by atoms with Gasteiger partial charge < -0.3 is 4.98 Å². The Labute approximate surface area is 263 Å². The van der Waals surface area contributed by atoms with Gasteiger partial charge in [-0.05, 0) is 93.6 Å². The summed E-state index contributed by atoms with van der Waals surface area (Å²) in [5.41, 5.74) is 10.2. The lowest BCUT2D eigenvalue weighted by atomic mass is 9.96. The zero-order chi connectivity index (χ0) is 30.6. The van der Waals surface area contributed by atoms with Crippen LogP contribution in [0.15, 0.2) is 60.0 Å². The lowest BCUT2D eigenvalue weighted by Gasteiger charge is -2.26. The summed E-state index contributed by atoms with van der Waals surface area (Å²) in [5, 5.41) is 0. The topological polar surface area (TPSA) is 87.1 Å². The van der Waals surface area contributed by atoms with Crippen LogP contribution >= 0.6 is 11.3 Å². The number of likely N-dealkylation sites (tertiary alicyclic amines) is 1. The molecule has 0 aliphatic carbocycles. The van der Waals surface area contributed by atoms with Gasteiger partial charge in [0.25, 0.3) is 0 Å². The number of benzene rings is 1. The van der Waals surface area contributed by atoms with E-state index in [1.165, 1.54) is 60.4 Å². The number of H-pyrrole nitrogens is 1. The molecular weight excluding hydrogens is 565 g/mol. The second-order valence-corrected chi connectivity index (χ2v) is 12.8. The monoisotopic (exact) mass is 604 g/mol. The van der Waals surface area contributed by atoms with Gasteiger partial charge in [0.2, 0.25) is 0 Å². The highest BCUT2D eigenvalue weighted by Gasteiger charge is 2.20. The number of carbonyl (C=O) groups is 1. The number of nitrogens with zero attached hydrogens (tertiary/aromatic N) is 5. The lowest BCUT2D eigenvalue weighted by molar-refractivity contribution is 0.102. The number of aryl methyl sites for hydroxylation is 2. The summed E-state index contributed by atoms with van der Waals surface area (Å²) in [6, 6.07) is 13.1. The smallest absolute Gasteiger partial charge is 0.169 e. The van der Waals surface area contributed by atoms with Gasteiger partial charge in [0.15, 0.2) is 11.6 Å². The molecule has 0 atom stereocenters. The van der Waals surface area contributed by atoms with Crippen LogP contribution in [0.4, 0.5) is 0 Å². The highest BCUT2D eigenvalue weighted by atomic mass is 32.1. The van der Waals surface area contributed by atoms with Gasteiger partial charge in [-0.2, -0.15) is 0 Å². The molecule has 7 nitrogen and oxygen atoms in total. The number of aliphatic imine (C=N–C) groups is 1. The number of imidazole rings is 1. The molecule has 1 aliphatic heterocycles. The second kappa shape index (κ2) is 13.3. The summed E-state index contributed by atoms with van der Waals surface area (Å²) in [6.07, 6.45) is 11.4. The number of rotatable bonds is 10. The second-order valence-electron chi connectivity index (χ2n) is 11.7. The number of thiophene rings is 1. The summed E-state index contributed by atoms with van der Waals surface area (Å²) in [7, 11) is 0. The molecule has 226 valence electrons. The van der Waals surface area contributed by atoms with Crippen LogP contribution in [0.5, 0.6) is 0 Å². The molecule has 1 N–H and O–H groups in total. The van der Waals surface area contributed by atoms with Gasteiger partial charge in [-0.25, -0.2) is 4.98 Å². The summed E-state index contributed by atoms with van der Waals surface area (Å²) in [4.78, 5) is 39.2. The number of ketones is 1. The van der Waals surface area contributed by atoms with Crippen molar-refractivity contribution in [1.82, 2.24) is 24.8 Å². The molecule has 8 heteroatoms. The van der Waals surface area contributed by atoms with Crippen molar-refractivity contribution in [1.29, 1.82) is 0 Å². The van der Waals surface area contributed by atoms with E-state index in [-0.39, 0.29) is 5.78 Å². The largest absolute Gasteiger partial charge is 0.335 e. The first kappa shape index (κ1) is 30.0. The van der Waals surface area contributed by atoms with Crippen molar-refractivity contribution in [3.8, 4) is 21.6 Å². The number of aromatic nitrogens is 4. The van der Waals surface area contributed by atoms with Crippen LogP contribution in [0.2, 0.25) is 0 Å². The first-order valence-corrected chi connectivity index (χ1v) is 16.6. The van der Waals surface area contributed by atoms with E-state index in [4.69, 9.17) is 15.0 Å². The predicted octanol–water partition coefficient (Wildman–Crippen LogP) is 8.06. The Balaban J connectivity index is 1.40. The number of piperidine rings is 1. The molecule has 0 amide bonds. The van der Waals surface area contributed by atoms with E-state index < -0.39 is 0 Å². The average molecular weight is 605 g/mol. The fourth-order valence-corrected chi connectivity index (χ4v) is 6.85. The molecule has 44 heavy (non-hydrogen) atoms. The number of fused-ring (bicyclic) bond motifs is 1. The maximum atomic E-state index is 12.0. The van der Waals surface area contributed by atoms with E-state index in [1.807, 2.05) is 31.5 Å². The lowest BCUT2D eigenvalue weighted by Crippen LogP contribution is -2.29. The van der Waals surface area contributed by atoms with Crippen LogP contribution in [0.1, 0.15) is 84.3 Å². The number of nitrogens with one attached hydrogen (secondary N) is 1. The number of pyridine rings is 2. The zero-order valence-electron chi connectivity index (χ0n) is 26.1. The molecule has 6 rings (SSSR count). The van der Waals surface area contributed by atoms with Crippen LogP contribution in [0, 0.1) is 6.92 Å². The van der Waals surface area contributed by atoms with Crippen molar-refractivity contribution < 1.29 is 4.79 Å². The van der Waals surface area contributed by atoms with Crippen molar-refractivity contribution in [2.75, 3.05) is 19.6 Å². The van der Waals surface area contributed by atoms with Crippen LogP contribution < -0.4 is 0 Å². The third-order valence-corrected chi connectivity index (χ3v) is 9.54. The van der Waals surface area contributed by atoms with Crippen molar-refractivity contribution in [3.63, 3.8) is 0 Å². The van der Waals surface area contributed by atoms with E-state index in [9.17, 15) is 4.79 Å². The maximum absolute atomic E-state index is 12.0. The van der Waals surface area contributed by atoms with Gasteiger partial charge in [0.1, 0.15) is 11.2 Å². The normalized spacial score (nSPS) is 14.4. The Kier molecular flexibility index (Phi) is 9.09. The molecule has 5 aromatic rings. The number of hydrogen-bond acceptors (Lipinski definition) is 7. The molecule has 0 bridgehead atoms. The molecule has 0 radical (unpaired) electrons. The molecule has 1 fully saturated rings. The fourth-order valence-electron chi connectivity index (χ4n) is 5.94. The Morgan fingerprint density at radius 1 is 1.00 bits per heavy atom. The van der Waals surface area contributed by atoms with Gasteiger partial charge in [-0.15, -0.1) is 11.3 Å². The zero-order valence-corrected chi connectivity index (χ0v) is 26.9. The minimum Gasteiger partial charge on any atom is -0.335 e. The van der Waals surface area contributed by atoms with Gasteiger partial charge in [0, 0.05) is 52.7 Å². The predicted molar refractivity (Wildman–Crippen MR) is 181 cm³/mol. The van der Waals surface area contributed by atoms with Gasteiger partial charge >= 0.3 is 0 Å². The first-order chi connectivity index (χ1) is 21.4. The molecular formula is C36H40N6OS. The van der Waals surface area contributed by atoms with Crippen molar-refractivity contribution in [2.45, 2.75) is 66.3 Å². The highest BCUT2D eigenvalue weighted by Crippen LogP contribution is 2.33. The highest BCUT2D eigenvalue weighted by molar-refractivity contribution is 7.17. The van der Waals surface area contributed by atoms with Crippen LogP contribution in [0.25, 0.3) is 32.6 Å². The summed E-state index contributed by atoms with van der Waals surface area (Å²) in [5.74, 6) is 0.755. The Bertz CT molecular complexity index is 1830. The molecule has 0 unspecified atom stereocenters. The molecule has 5 heterocycles. The number of hydrogen-bond donors (Lipinski definition) is 1. The van der Waals surface area contributed by atoms with Crippen LogP contribution in [-0.4, -0.2) is 56.0 Å². The van der Waals surface area contributed by atoms with E-state index in [0.29, 0.717) is 12.4 Å². The molecule has 0 saturated carbocycles. The van der Waals surface area contributed by atoms with Crippen LogP contribution in [0.3, 0.4) is 0 Å². The summed E-state index contributed by atoms with van der Waals surface area (Å²) in [6.45, 7) is 12.0. The average Bonchev–Trinajstić information content (AvgIpc) is 3.70. The van der Waals surface area contributed by atoms with E-state index >= 15 is 0 Å². The maximum Gasteiger partial charge on any atom is 0.169 e. The third-order valence-electron chi connectivity index (χ3n) is 8.32. The van der Waals surface area contributed by atoms with E-state index in [1.54, 1.807) is 13.1 Å². The Morgan fingerprint density at radius 2 is 1.82 bits per heavy atom. The minimum absolute atomic E-state index is 0.0593. The third kappa shape index (κ3) is 6.42. The number of aromatic amines is 1. The Morgan fingerprint density at radius 3 is 2.57 bits per heavy atom. The number of Topliss-reactive ketones (excluding diaryl/α,β-unsaturated/α-hetero) is 1. The summed E-state index contributed by atoms with van der Waals surface area (Å²) < 4.78 is 0. The molecule has 4 aromatic heterocycles. The van der Waals surface area contributed by atoms with Crippen molar-refractivity contribution >= 4 is 33.9 Å². The van der Waals surface area contributed by atoms with E-state index in [2.05, 4.69) is 53.0 Å². The number of carbonyl (C=O) groups excluding carboxylic acids is 1. The van der Waals surface area contributed by atoms with Gasteiger partial charge in [0.05, 0.1) is 16.6 Å². The quantitative estimate of drug-likeness (QED) is 0.129. The summed E-state index contributed by atoms with van der Waals surface area (Å²) >= 11 is 1.47. The standard InChI is InChI=1S/C36H40N6OS/c1-5-12-38-35(36-40-31-21-37-20-30(34(31)41-36)33-11-10-32(44-33)24(4)43)29-18-28(19-39-23(29)3)27-16-25(6-2)15-26(17-27)22-42-13-8-7-9-14-42/h10-11,15-21H,5-9,12-14,22H2,1-4H3,(H,40,41). The van der Waals surface area contributed by atoms with Crippen molar-refractivity contribution in [3.05, 3.63) is 88.1 Å². The molecule has 1 saturated heterocycles. The van der Waals surface area contributed by atoms with Gasteiger partial charge in [-0.3, -0.25) is 24.7 Å². The fraction of sp³-hybridized carbons (Fsp3) is 0.361. The first-order valence-electron chi connectivity index (χ1n) is 15.8. The van der Waals surface area contributed by atoms with Crippen molar-refractivity contribution in [2.24, 2.45) is 4.99 Å². The molecule has 1 aromatic carbocycles.